The molecule has 4 heteroatoms. The number of H-pyrrole nitrogens is 1. The van der Waals surface area contributed by atoms with Gasteiger partial charge in [0.05, 0.1) is 16.7 Å². The lowest BCUT2D eigenvalue weighted by Gasteiger charge is -1.97. The molecule has 2 aromatic carbocycles. The monoisotopic (exact) mass is 248 g/mol. The molecule has 92 valence electrons. The van der Waals surface area contributed by atoms with E-state index in [-0.39, 0.29) is 0 Å². The Balaban J connectivity index is 1.98. The summed E-state index contributed by atoms with van der Waals surface area (Å²) in [5.41, 5.74) is 4.11. The normalized spacial score (nSPS) is 11.4. The summed E-state index contributed by atoms with van der Waals surface area (Å²) in [6, 6.07) is 14.4. The maximum atomic E-state index is 4.44. The van der Waals surface area contributed by atoms with E-state index in [0.717, 1.165) is 33.1 Å². The fourth-order valence-electron chi connectivity index (χ4n) is 2.47. The summed E-state index contributed by atoms with van der Waals surface area (Å²) in [5.74, 6) is 0. The number of benzene rings is 2. The molecule has 0 radical (unpaired) electrons. The molecule has 0 aliphatic carbocycles. The second-order valence-corrected chi connectivity index (χ2v) is 4.69. The van der Waals surface area contributed by atoms with Gasteiger partial charge in [0.25, 0.3) is 0 Å². The minimum absolute atomic E-state index is 0.975. The third-order valence-corrected chi connectivity index (χ3v) is 3.37. The number of fused-ring (bicyclic) bond motifs is 2. The molecule has 19 heavy (non-hydrogen) atoms. The van der Waals surface area contributed by atoms with Gasteiger partial charge in [-0.05, 0) is 12.1 Å². The van der Waals surface area contributed by atoms with E-state index in [1.807, 2.05) is 36.1 Å². The Hall–Kier alpha value is -2.62. The highest BCUT2D eigenvalue weighted by Gasteiger charge is 2.09. The van der Waals surface area contributed by atoms with E-state index in [9.17, 15) is 0 Å². The first-order chi connectivity index (χ1) is 9.31. The first-order valence-corrected chi connectivity index (χ1v) is 6.18. The summed E-state index contributed by atoms with van der Waals surface area (Å²) < 4.78 is 1.83. The van der Waals surface area contributed by atoms with Gasteiger partial charge in [0.2, 0.25) is 0 Å². The smallest absolute Gasteiger partial charge is 0.1000 e. The van der Waals surface area contributed by atoms with Gasteiger partial charge < -0.3 is 0 Å². The Kier molecular flexibility index (Phi) is 2.00. The van der Waals surface area contributed by atoms with Crippen LogP contribution in [-0.2, 0) is 7.05 Å². The standard InChI is InChI=1S/C15H12N4/c1-19-9-11-7-6-10(8-14(11)18-19)15-12-4-2-3-5-13(12)16-17-15/h2-9H,1H3,(H,16,17). The largest absolute Gasteiger partial charge is 0.277 e. The zero-order valence-corrected chi connectivity index (χ0v) is 10.5. The SMILES string of the molecule is Cn1cc2ccc(-c3n[nH]c4ccccc34)cc2n1. The molecule has 0 amide bonds. The predicted molar refractivity (Wildman–Crippen MR) is 75.8 cm³/mol. The molecule has 0 aliphatic rings. The van der Waals surface area contributed by atoms with Crippen LogP contribution in [-0.4, -0.2) is 20.0 Å². The van der Waals surface area contributed by atoms with E-state index in [2.05, 4.69) is 39.6 Å². The third kappa shape index (κ3) is 1.53. The fourth-order valence-corrected chi connectivity index (χ4v) is 2.47. The van der Waals surface area contributed by atoms with Gasteiger partial charge in [-0.3, -0.25) is 9.78 Å². The van der Waals surface area contributed by atoms with Gasteiger partial charge in [-0.15, -0.1) is 0 Å². The molecule has 4 aromatic rings. The van der Waals surface area contributed by atoms with Crippen molar-refractivity contribution in [1.82, 2.24) is 20.0 Å². The number of para-hydroxylation sites is 1. The van der Waals surface area contributed by atoms with Gasteiger partial charge in [-0.2, -0.15) is 10.2 Å². The molecule has 0 bridgehead atoms. The summed E-state index contributed by atoms with van der Waals surface area (Å²) in [5, 5.41) is 14.2. The molecule has 4 rings (SSSR count). The summed E-state index contributed by atoms with van der Waals surface area (Å²) >= 11 is 0. The van der Waals surface area contributed by atoms with Crippen LogP contribution < -0.4 is 0 Å². The van der Waals surface area contributed by atoms with Crippen LogP contribution in [0.4, 0.5) is 0 Å². The second kappa shape index (κ2) is 3.68. The minimum atomic E-state index is 0.975. The van der Waals surface area contributed by atoms with Crippen LogP contribution in [0.1, 0.15) is 0 Å². The van der Waals surface area contributed by atoms with Crippen molar-refractivity contribution in [2.24, 2.45) is 7.05 Å². The molecule has 0 saturated carbocycles. The fraction of sp³-hybridized carbons (Fsp3) is 0.0667. The number of aryl methyl sites for hydroxylation is 1. The number of nitrogens with one attached hydrogen (secondary N) is 1. The van der Waals surface area contributed by atoms with Gasteiger partial charge in [0.15, 0.2) is 0 Å². The molecule has 0 saturated heterocycles. The Morgan fingerprint density at radius 3 is 2.95 bits per heavy atom. The molecule has 2 heterocycles. The van der Waals surface area contributed by atoms with Gasteiger partial charge in [-0.1, -0.05) is 30.3 Å². The number of rotatable bonds is 1. The van der Waals surface area contributed by atoms with E-state index >= 15 is 0 Å². The van der Waals surface area contributed by atoms with Crippen LogP contribution in [0.5, 0.6) is 0 Å². The highest BCUT2D eigenvalue weighted by atomic mass is 15.2. The van der Waals surface area contributed by atoms with Gasteiger partial charge in [-0.25, -0.2) is 0 Å². The van der Waals surface area contributed by atoms with E-state index in [4.69, 9.17) is 0 Å². The molecule has 0 aliphatic heterocycles. The Morgan fingerprint density at radius 1 is 1.11 bits per heavy atom. The average molecular weight is 248 g/mol. The van der Waals surface area contributed by atoms with Crippen molar-refractivity contribution in [2.75, 3.05) is 0 Å². The van der Waals surface area contributed by atoms with E-state index in [1.165, 1.54) is 0 Å². The molecular formula is C15H12N4. The maximum absolute atomic E-state index is 4.44. The first kappa shape index (κ1) is 10.3. The lowest BCUT2D eigenvalue weighted by molar-refractivity contribution is 0.780. The number of hydrogen-bond donors (Lipinski definition) is 1. The number of hydrogen-bond acceptors (Lipinski definition) is 2. The summed E-state index contributed by atoms with van der Waals surface area (Å²) in [6.45, 7) is 0. The van der Waals surface area contributed by atoms with Crippen LogP contribution >= 0.6 is 0 Å². The Bertz CT molecular complexity index is 885. The van der Waals surface area contributed by atoms with E-state index in [1.54, 1.807) is 0 Å². The van der Waals surface area contributed by atoms with Crippen LogP contribution in [0.3, 0.4) is 0 Å². The van der Waals surface area contributed by atoms with Crippen LogP contribution in [0.2, 0.25) is 0 Å². The van der Waals surface area contributed by atoms with Crippen LogP contribution in [0.15, 0.2) is 48.7 Å². The van der Waals surface area contributed by atoms with E-state index < -0.39 is 0 Å². The number of aromatic amines is 1. The highest BCUT2D eigenvalue weighted by Crippen LogP contribution is 2.28. The van der Waals surface area contributed by atoms with Crippen molar-refractivity contribution in [3.63, 3.8) is 0 Å². The molecule has 1 N–H and O–H groups in total. The average Bonchev–Trinajstić information content (AvgIpc) is 2.99. The number of nitrogens with zero attached hydrogens (tertiary/aromatic N) is 3. The molecule has 0 atom stereocenters. The molecule has 2 aromatic heterocycles. The quantitative estimate of drug-likeness (QED) is 0.562. The summed E-state index contributed by atoms with van der Waals surface area (Å²) in [4.78, 5) is 0. The topological polar surface area (TPSA) is 46.5 Å². The molecule has 4 nitrogen and oxygen atoms in total. The Labute approximate surface area is 109 Å². The zero-order chi connectivity index (χ0) is 12.8. The lowest BCUT2D eigenvalue weighted by atomic mass is 10.1. The van der Waals surface area contributed by atoms with Crippen molar-refractivity contribution in [3.05, 3.63) is 48.7 Å². The van der Waals surface area contributed by atoms with Crippen molar-refractivity contribution in [2.45, 2.75) is 0 Å². The Morgan fingerprint density at radius 2 is 2.00 bits per heavy atom. The molecule has 0 spiro atoms. The lowest BCUT2D eigenvalue weighted by Crippen LogP contribution is -1.85. The third-order valence-electron chi connectivity index (χ3n) is 3.37. The van der Waals surface area contributed by atoms with Gasteiger partial charge >= 0.3 is 0 Å². The minimum Gasteiger partial charge on any atom is -0.277 e. The van der Waals surface area contributed by atoms with E-state index in [0.29, 0.717) is 0 Å². The van der Waals surface area contributed by atoms with Crippen LogP contribution in [0, 0.1) is 0 Å². The van der Waals surface area contributed by atoms with Crippen molar-refractivity contribution in [1.29, 1.82) is 0 Å². The maximum Gasteiger partial charge on any atom is 0.1000 e. The first-order valence-electron chi connectivity index (χ1n) is 6.18. The summed E-state index contributed by atoms with van der Waals surface area (Å²) in [7, 11) is 1.93. The molecule has 0 unspecified atom stereocenters. The van der Waals surface area contributed by atoms with Gasteiger partial charge in [0, 0.05) is 29.6 Å². The zero-order valence-electron chi connectivity index (χ0n) is 10.5. The molecule has 0 fully saturated rings. The van der Waals surface area contributed by atoms with Crippen molar-refractivity contribution >= 4 is 21.8 Å². The molecular weight excluding hydrogens is 236 g/mol. The second-order valence-electron chi connectivity index (χ2n) is 4.69. The van der Waals surface area contributed by atoms with Crippen molar-refractivity contribution in [3.8, 4) is 11.3 Å². The predicted octanol–water partition coefficient (Wildman–Crippen LogP) is 3.12. The van der Waals surface area contributed by atoms with Crippen LogP contribution in [0.25, 0.3) is 33.1 Å². The highest BCUT2D eigenvalue weighted by molar-refractivity contribution is 5.95. The summed E-state index contributed by atoms with van der Waals surface area (Å²) in [6.07, 6.45) is 2.02. The van der Waals surface area contributed by atoms with Gasteiger partial charge in [0.1, 0.15) is 0 Å². The number of aromatic nitrogens is 4. The van der Waals surface area contributed by atoms with Crippen molar-refractivity contribution < 1.29 is 0 Å².